The summed E-state index contributed by atoms with van der Waals surface area (Å²) in [5.74, 6) is 2.76. The lowest BCUT2D eigenvalue weighted by molar-refractivity contribution is 0.0529. The Morgan fingerprint density at radius 1 is 1.54 bits per heavy atom. The zero-order valence-electron chi connectivity index (χ0n) is 8.11. The summed E-state index contributed by atoms with van der Waals surface area (Å²) in [5, 5.41) is 2.59. The SMILES string of the molecule is CC(C)(C)OC(=O)NCCC#CBr. The van der Waals surface area contributed by atoms with Crippen LogP contribution in [0.1, 0.15) is 27.2 Å². The van der Waals surface area contributed by atoms with Crippen LogP contribution in [0.15, 0.2) is 0 Å². The normalized spacial score (nSPS) is 9.85. The molecule has 1 amide bonds. The summed E-state index contributed by atoms with van der Waals surface area (Å²) in [6.45, 7) is 5.98. The Morgan fingerprint density at radius 2 is 2.15 bits per heavy atom. The van der Waals surface area contributed by atoms with Crippen molar-refractivity contribution in [1.29, 1.82) is 0 Å². The lowest BCUT2D eigenvalue weighted by atomic mass is 10.2. The molecule has 0 aliphatic rings. The number of nitrogens with one attached hydrogen (secondary N) is 1. The maximum absolute atomic E-state index is 11.0. The van der Waals surface area contributed by atoms with Crippen LogP contribution in [0.25, 0.3) is 0 Å². The Labute approximate surface area is 87.4 Å². The first kappa shape index (κ1) is 12.3. The molecule has 0 atom stereocenters. The number of hydrogen-bond donors (Lipinski definition) is 1. The molecule has 0 fully saturated rings. The van der Waals surface area contributed by atoms with Crippen molar-refractivity contribution in [3.63, 3.8) is 0 Å². The van der Waals surface area contributed by atoms with Gasteiger partial charge in [0.1, 0.15) is 5.60 Å². The summed E-state index contributed by atoms with van der Waals surface area (Å²) in [7, 11) is 0. The minimum absolute atomic E-state index is 0.399. The molecule has 0 radical (unpaired) electrons. The van der Waals surface area contributed by atoms with Gasteiger partial charge in [-0.2, -0.15) is 0 Å². The van der Waals surface area contributed by atoms with Crippen LogP contribution in [0.2, 0.25) is 0 Å². The molecule has 0 spiro atoms. The Kier molecular flexibility index (Phi) is 5.56. The van der Waals surface area contributed by atoms with E-state index in [1.807, 2.05) is 20.8 Å². The Balaban J connectivity index is 3.56. The van der Waals surface area contributed by atoms with E-state index in [9.17, 15) is 4.79 Å². The average molecular weight is 248 g/mol. The number of carbonyl (C=O) groups excluding carboxylic acids is 1. The summed E-state index contributed by atoms with van der Waals surface area (Å²) in [5.41, 5.74) is -0.439. The number of amides is 1. The largest absolute Gasteiger partial charge is 0.444 e. The van der Waals surface area contributed by atoms with Crippen LogP contribution in [-0.4, -0.2) is 18.2 Å². The predicted octanol–water partition coefficient (Wildman–Crippen LogP) is 2.26. The number of hydrogen-bond acceptors (Lipinski definition) is 2. The first-order valence-electron chi connectivity index (χ1n) is 4.01. The summed E-state index contributed by atoms with van der Waals surface area (Å²) < 4.78 is 5.01. The zero-order chi connectivity index (χ0) is 10.3. The van der Waals surface area contributed by atoms with E-state index in [1.165, 1.54) is 0 Å². The lowest BCUT2D eigenvalue weighted by Crippen LogP contribution is -2.32. The highest BCUT2D eigenvalue weighted by atomic mass is 79.9. The van der Waals surface area contributed by atoms with Crippen LogP contribution in [-0.2, 0) is 4.74 Å². The minimum Gasteiger partial charge on any atom is -0.444 e. The second kappa shape index (κ2) is 5.87. The maximum atomic E-state index is 11.0. The molecule has 0 aliphatic heterocycles. The molecular formula is C9H14BrNO2. The monoisotopic (exact) mass is 247 g/mol. The highest BCUT2D eigenvalue weighted by molar-refractivity contribution is 9.12. The first-order valence-corrected chi connectivity index (χ1v) is 4.80. The summed E-state index contributed by atoms with van der Waals surface area (Å²) >= 11 is 2.96. The molecule has 1 N–H and O–H groups in total. The van der Waals surface area contributed by atoms with Crippen molar-refractivity contribution in [2.24, 2.45) is 0 Å². The summed E-state index contributed by atoms with van der Waals surface area (Å²) in [6, 6.07) is 0. The summed E-state index contributed by atoms with van der Waals surface area (Å²) in [6.07, 6.45) is 0.216. The van der Waals surface area contributed by atoms with E-state index in [1.54, 1.807) is 0 Å². The van der Waals surface area contributed by atoms with Crippen LogP contribution in [0.3, 0.4) is 0 Å². The van der Waals surface area contributed by atoms with Gasteiger partial charge in [-0.15, -0.1) is 0 Å². The second-order valence-electron chi connectivity index (χ2n) is 3.45. The van der Waals surface area contributed by atoms with Crippen molar-refractivity contribution < 1.29 is 9.53 Å². The van der Waals surface area contributed by atoms with Crippen molar-refractivity contribution in [2.75, 3.05) is 6.54 Å². The molecule has 0 aromatic carbocycles. The third-order valence-electron chi connectivity index (χ3n) is 0.985. The summed E-state index contributed by atoms with van der Waals surface area (Å²) in [4.78, 5) is 13.6. The van der Waals surface area contributed by atoms with Gasteiger partial charge in [0.15, 0.2) is 0 Å². The quantitative estimate of drug-likeness (QED) is 0.601. The Hall–Kier alpha value is -0.690. The van der Waals surface area contributed by atoms with E-state index in [4.69, 9.17) is 4.74 Å². The van der Waals surface area contributed by atoms with Crippen LogP contribution in [0, 0.1) is 10.8 Å². The van der Waals surface area contributed by atoms with Gasteiger partial charge in [0.25, 0.3) is 0 Å². The molecule has 0 heterocycles. The van der Waals surface area contributed by atoms with E-state index in [-0.39, 0.29) is 0 Å². The van der Waals surface area contributed by atoms with Gasteiger partial charge in [-0.05, 0) is 25.6 Å². The molecule has 0 aromatic rings. The number of carbonyl (C=O) groups is 1. The molecule has 0 bridgehead atoms. The number of rotatable bonds is 2. The molecule has 0 rings (SSSR count). The Morgan fingerprint density at radius 3 is 2.62 bits per heavy atom. The molecule has 0 aromatic heterocycles. The number of halogens is 1. The van der Waals surface area contributed by atoms with Gasteiger partial charge in [-0.25, -0.2) is 4.79 Å². The van der Waals surface area contributed by atoms with Crippen LogP contribution < -0.4 is 5.32 Å². The van der Waals surface area contributed by atoms with Crippen LogP contribution in [0.5, 0.6) is 0 Å². The van der Waals surface area contributed by atoms with E-state index < -0.39 is 11.7 Å². The van der Waals surface area contributed by atoms with Crippen molar-refractivity contribution in [3.8, 4) is 10.8 Å². The standard InChI is InChI=1S/C9H14BrNO2/c1-9(2,3)13-8(12)11-7-5-4-6-10/h5,7H2,1-3H3,(H,11,12). The molecule has 0 aliphatic carbocycles. The maximum Gasteiger partial charge on any atom is 0.407 e. The lowest BCUT2D eigenvalue weighted by Gasteiger charge is -2.19. The van der Waals surface area contributed by atoms with E-state index in [0.29, 0.717) is 13.0 Å². The van der Waals surface area contributed by atoms with E-state index in [0.717, 1.165) is 0 Å². The van der Waals surface area contributed by atoms with Crippen molar-refractivity contribution in [2.45, 2.75) is 32.8 Å². The van der Waals surface area contributed by atoms with E-state index >= 15 is 0 Å². The van der Waals surface area contributed by atoms with E-state index in [2.05, 4.69) is 32.0 Å². The smallest absolute Gasteiger partial charge is 0.407 e. The van der Waals surface area contributed by atoms with Gasteiger partial charge in [0.2, 0.25) is 0 Å². The van der Waals surface area contributed by atoms with Gasteiger partial charge >= 0.3 is 6.09 Å². The highest BCUT2D eigenvalue weighted by Gasteiger charge is 2.14. The van der Waals surface area contributed by atoms with Crippen LogP contribution >= 0.6 is 15.9 Å². The van der Waals surface area contributed by atoms with Gasteiger partial charge in [0, 0.05) is 28.9 Å². The zero-order valence-corrected chi connectivity index (χ0v) is 9.69. The minimum atomic E-state index is -0.439. The fourth-order valence-electron chi connectivity index (χ4n) is 0.588. The third-order valence-corrected chi connectivity index (χ3v) is 1.27. The Bertz CT molecular complexity index is 222. The van der Waals surface area contributed by atoms with Crippen molar-refractivity contribution in [3.05, 3.63) is 0 Å². The molecule has 0 saturated heterocycles. The fourth-order valence-corrected chi connectivity index (χ4v) is 0.787. The van der Waals surface area contributed by atoms with Gasteiger partial charge in [-0.3, -0.25) is 0 Å². The number of alkyl carbamates (subject to hydrolysis) is 1. The van der Waals surface area contributed by atoms with Gasteiger partial charge in [0.05, 0.1) is 0 Å². The molecule has 74 valence electrons. The van der Waals surface area contributed by atoms with Crippen LogP contribution in [0.4, 0.5) is 4.79 Å². The third kappa shape index (κ3) is 9.22. The molecule has 0 unspecified atom stereocenters. The van der Waals surface area contributed by atoms with Crippen molar-refractivity contribution in [1.82, 2.24) is 5.32 Å². The second-order valence-corrected chi connectivity index (χ2v) is 3.85. The first-order chi connectivity index (χ1) is 5.95. The molecular weight excluding hydrogens is 234 g/mol. The molecule has 4 heteroatoms. The average Bonchev–Trinajstić information content (AvgIpc) is 1.94. The predicted molar refractivity (Wildman–Crippen MR) is 55.6 cm³/mol. The fraction of sp³-hybridized carbons (Fsp3) is 0.667. The van der Waals surface area contributed by atoms with Crippen molar-refractivity contribution >= 4 is 22.0 Å². The molecule has 0 saturated carbocycles. The molecule has 13 heavy (non-hydrogen) atoms. The number of ether oxygens (including phenoxy) is 1. The highest BCUT2D eigenvalue weighted by Crippen LogP contribution is 2.06. The molecule has 3 nitrogen and oxygen atoms in total. The van der Waals surface area contributed by atoms with Gasteiger partial charge in [-0.1, -0.05) is 5.92 Å². The topological polar surface area (TPSA) is 38.3 Å². The van der Waals surface area contributed by atoms with Gasteiger partial charge < -0.3 is 10.1 Å².